The molecule has 1 unspecified atom stereocenters. The molecule has 0 bridgehead atoms. The summed E-state index contributed by atoms with van der Waals surface area (Å²) in [7, 11) is 0. The van der Waals surface area contributed by atoms with Crippen molar-refractivity contribution in [1.29, 1.82) is 0 Å². The van der Waals surface area contributed by atoms with Crippen molar-refractivity contribution in [3.05, 3.63) is 65.7 Å². The Morgan fingerprint density at radius 1 is 1.00 bits per heavy atom. The molecule has 6 nitrogen and oxygen atoms in total. The molecule has 2 aromatic carbocycles. The Balaban J connectivity index is 1.26. The van der Waals surface area contributed by atoms with E-state index in [1.807, 2.05) is 36.1 Å². The number of likely N-dealkylation sites (tertiary alicyclic amines) is 1. The first kappa shape index (κ1) is 20.7. The number of amides is 3. The van der Waals surface area contributed by atoms with Crippen LogP contribution in [0.15, 0.2) is 54.6 Å². The van der Waals surface area contributed by atoms with E-state index in [0.29, 0.717) is 36.6 Å². The quantitative estimate of drug-likeness (QED) is 0.740. The van der Waals surface area contributed by atoms with Gasteiger partial charge in [0.15, 0.2) is 0 Å². The average Bonchev–Trinajstić information content (AvgIpc) is 3.14. The summed E-state index contributed by atoms with van der Waals surface area (Å²) in [5.74, 6) is 0.524. The Bertz CT molecular complexity index is 1050. The summed E-state index contributed by atoms with van der Waals surface area (Å²) < 4.78 is 0. The first-order valence-corrected chi connectivity index (χ1v) is 11.6. The van der Waals surface area contributed by atoms with Crippen LogP contribution >= 0.6 is 0 Å². The van der Waals surface area contributed by atoms with E-state index < -0.39 is 5.66 Å². The van der Waals surface area contributed by atoms with Crippen LogP contribution in [0, 0.1) is 0 Å². The molecule has 1 atom stereocenters. The Hall–Kier alpha value is -3.15. The van der Waals surface area contributed by atoms with Crippen LogP contribution in [0.25, 0.3) is 0 Å². The third-order valence-corrected chi connectivity index (χ3v) is 7.41. The largest absolute Gasteiger partial charge is 0.343 e. The molecule has 0 N–H and O–H groups in total. The predicted molar refractivity (Wildman–Crippen MR) is 122 cm³/mol. The molecular formula is C26H29N3O3. The maximum Gasteiger partial charge on any atom is 0.257 e. The van der Waals surface area contributed by atoms with Crippen LogP contribution in [0.2, 0.25) is 0 Å². The van der Waals surface area contributed by atoms with Gasteiger partial charge in [0.1, 0.15) is 5.66 Å². The van der Waals surface area contributed by atoms with Crippen molar-refractivity contribution < 1.29 is 14.4 Å². The monoisotopic (exact) mass is 431 g/mol. The molecule has 6 heteroatoms. The number of hydrogen-bond donors (Lipinski definition) is 0. The number of rotatable bonds is 4. The zero-order valence-corrected chi connectivity index (χ0v) is 18.5. The van der Waals surface area contributed by atoms with Crippen molar-refractivity contribution >= 4 is 23.4 Å². The standard InChI is InChI=1S/C26H29N3O3/c1-26-15-11-24(31)29(26)22-10-6-5-9-21(22)25(32)28(26)18-14-23(30)27-16-12-20(13-17-27)19-7-3-2-4-8-19/h2-10,20H,11-18H2,1H3. The van der Waals surface area contributed by atoms with Gasteiger partial charge in [0, 0.05) is 32.5 Å². The molecule has 0 spiro atoms. The lowest BCUT2D eigenvalue weighted by atomic mass is 9.89. The highest BCUT2D eigenvalue weighted by atomic mass is 16.2. The molecule has 3 aliphatic heterocycles. The van der Waals surface area contributed by atoms with Crippen molar-refractivity contribution in [1.82, 2.24) is 9.80 Å². The van der Waals surface area contributed by atoms with Crippen LogP contribution in [0.3, 0.4) is 0 Å². The third-order valence-electron chi connectivity index (χ3n) is 7.41. The van der Waals surface area contributed by atoms with Crippen molar-refractivity contribution in [2.24, 2.45) is 0 Å². The maximum absolute atomic E-state index is 13.3. The Labute approximate surface area is 188 Å². The van der Waals surface area contributed by atoms with Gasteiger partial charge in [-0.1, -0.05) is 42.5 Å². The molecule has 3 heterocycles. The van der Waals surface area contributed by atoms with Crippen LogP contribution in [0.5, 0.6) is 0 Å². The molecule has 5 rings (SSSR count). The van der Waals surface area contributed by atoms with Crippen molar-refractivity contribution in [3.8, 4) is 0 Å². The number of benzene rings is 2. The van der Waals surface area contributed by atoms with E-state index in [1.165, 1.54) is 5.56 Å². The van der Waals surface area contributed by atoms with Crippen molar-refractivity contribution in [2.75, 3.05) is 24.5 Å². The summed E-state index contributed by atoms with van der Waals surface area (Å²) in [6, 6.07) is 17.8. The van der Waals surface area contributed by atoms with Gasteiger partial charge in [0.05, 0.1) is 11.3 Å². The summed E-state index contributed by atoms with van der Waals surface area (Å²) in [5, 5.41) is 0. The van der Waals surface area contributed by atoms with E-state index in [0.717, 1.165) is 25.9 Å². The Morgan fingerprint density at radius 2 is 1.69 bits per heavy atom. The topological polar surface area (TPSA) is 60.9 Å². The number of hydrogen-bond acceptors (Lipinski definition) is 3. The summed E-state index contributed by atoms with van der Waals surface area (Å²) in [4.78, 5) is 44.4. The van der Waals surface area contributed by atoms with E-state index in [4.69, 9.17) is 0 Å². The number of para-hydroxylation sites is 1. The van der Waals surface area contributed by atoms with Crippen LogP contribution in [0.1, 0.15) is 60.9 Å². The van der Waals surface area contributed by atoms with E-state index in [1.54, 1.807) is 15.9 Å². The number of piperidine rings is 1. The first-order chi connectivity index (χ1) is 15.5. The zero-order chi connectivity index (χ0) is 22.3. The first-order valence-electron chi connectivity index (χ1n) is 11.6. The lowest BCUT2D eigenvalue weighted by molar-refractivity contribution is -0.132. The van der Waals surface area contributed by atoms with Crippen LogP contribution in [-0.2, 0) is 9.59 Å². The Morgan fingerprint density at radius 3 is 2.44 bits per heavy atom. The number of nitrogens with zero attached hydrogens (tertiary/aromatic N) is 3. The average molecular weight is 432 g/mol. The summed E-state index contributed by atoms with van der Waals surface area (Å²) in [6.45, 7) is 3.76. The van der Waals surface area contributed by atoms with Gasteiger partial charge in [0.25, 0.3) is 5.91 Å². The molecule has 0 aromatic heterocycles. The molecule has 0 saturated carbocycles. The molecular weight excluding hydrogens is 402 g/mol. The van der Waals surface area contributed by atoms with E-state index in [-0.39, 0.29) is 24.1 Å². The van der Waals surface area contributed by atoms with E-state index >= 15 is 0 Å². The highest BCUT2D eigenvalue weighted by Gasteiger charge is 2.52. The fraction of sp³-hybridized carbons (Fsp3) is 0.423. The van der Waals surface area contributed by atoms with Gasteiger partial charge in [-0.25, -0.2) is 0 Å². The highest BCUT2D eigenvalue weighted by Crippen LogP contribution is 2.44. The second-order valence-electron chi connectivity index (χ2n) is 9.24. The molecule has 0 aliphatic carbocycles. The lowest BCUT2D eigenvalue weighted by Gasteiger charge is -2.48. The molecule has 2 aromatic rings. The number of carbonyl (C=O) groups excluding carboxylic acids is 3. The zero-order valence-electron chi connectivity index (χ0n) is 18.5. The minimum absolute atomic E-state index is 0.0340. The molecule has 2 fully saturated rings. The van der Waals surface area contributed by atoms with Crippen molar-refractivity contribution in [3.63, 3.8) is 0 Å². The van der Waals surface area contributed by atoms with Gasteiger partial charge < -0.3 is 9.80 Å². The summed E-state index contributed by atoms with van der Waals surface area (Å²) in [5.41, 5.74) is 1.86. The van der Waals surface area contributed by atoms with Gasteiger partial charge in [-0.2, -0.15) is 0 Å². The van der Waals surface area contributed by atoms with E-state index in [9.17, 15) is 14.4 Å². The Kier molecular flexibility index (Phi) is 5.24. The number of fused-ring (bicyclic) bond motifs is 3. The van der Waals surface area contributed by atoms with Crippen LogP contribution in [-0.4, -0.2) is 52.8 Å². The van der Waals surface area contributed by atoms with Gasteiger partial charge in [-0.05, 0) is 49.8 Å². The van der Waals surface area contributed by atoms with E-state index in [2.05, 4.69) is 24.3 Å². The maximum atomic E-state index is 13.3. The smallest absolute Gasteiger partial charge is 0.257 e. The molecule has 3 amide bonds. The highest BCUT2D eigenvalue weighted by molar-refractivity contribution is 6.10. The molecule has 3 aliphatic rings. The minimum Gasteiger partial charge on any atom is -0.343 e. The SMILES string of the molecule is CC12CCC(=O)N1c1ccccc1C(=O)N2CCC(=O)N1CCC(c2ccccc2)CC1. The van der Waals surface area contributed by atoms with Gasteiger partial charge >= 0.3 is 0 Å². The lowest BCUT2D eigenvalue weighted by Crippen LogP contribution is -2.62. The third kappa shape index (κ3) is 3.38. The fourth-order valence-corrected chi connectivity index (χ4v) is 5.59. The normalized spacial score (nSPS) is 23.3. The van der Waals surface area contributed by atoms with Gasteiger partial charge in [-0.3, -0.25) is 19.3 Å². The molecule has 32 heavy (non-hydrogen) atoms. The summed E-state index contributed by atoms with van der Waals surface area (Å²) >= 11 is 0. The fourth-order valence-electron chi connectivity index (χ4n) is 5.59. The minimum atomic E-state index is -0.705. The second kappa shape index (κ2) is 8.08. The van der Waals surface area contributed by atoms with Crippen LogP contribution in [0.4, 0.5) is 5.69 Å². The number of anilines is 1. The predicted octanol–water partition coefficient (Wildman–Crippen LogP) is 3.78. The second-order valence-corrected chi connectivity index (χ2v) is 9.24. The molecule has 166 valence electrons. The van der Waals surface area contributed by atoms with Gasteiger partial charge in [0.2, 0.25) is 11.8 Å². The van der Waals surface area contributed by atoms with Gasteiger partial charge in [-0.15, -0.1) is 0 Å². The van der Waals surface area contributed by atoms with Crippen LogP contribution < -0.4 is 4.90 Å². The molecule has 0 radical (unpaired) electrons. The van der Waals surface area contributed by atoms with Crippen molar-refractivity contribution in [2.45, 2.75) is 50.6 Å². The summed E-state index contributed by atoms with van der Waals surface area (Å²) in [6.07, 6.45) is 3.21. The molecule has 2 saturated heterocycles. The number of carbonyl (C=O) groups is 3.